The van der Waals surface area contributed by atoms with Gasteiger partial charge in [-0.25, -0.2) is 0 Å². The smallest absolute Gasteiger partial charge is 0.394 e. The number of halogens is 3. The molecule has 1 aliphatic carbocycles. The second kappa shape index (κ2) is 6.74. The average Bonchev–Trinajstić information content (AvgIpc) is 2.79. The normalized spacial score (nSPS) is 27.2. The molecule has 2 atom stereocenters. The van der Waals surface area contributed by atoms with Gasteiger partial charge >= 0.3 is 6.18 Å². The van der Waals surface area contributed by atoms with Crippen LogP contribution >= 0.6 is 0 Å². The van der Waals surface area contributed by atoms with Gasteiger partial charge in [0.1, 0.15) is 6.54 Å². The van der Waals surface area contributed by atoms with Crippen molar-refractivity contribution in [3.8, 4) is 0 Å². The number of aliphatic hydroxyl groups is 1. The van der Waals surface area contributed by atoms with E-state index < -0.39 is 30.2 Å². The third kappa shape index (κ3) is 4.13. The van der Waals surface area contributed by atoms with E-state index in [9.17, 15) is 23.1 Å². The molecule has 0 bridgehead atoms. The molecule has 4 nitrogen and oxygen atoms in total. The molecule has 1 amide bonds. The van der Waals surface area contributed by atoms with E-state index in [1.54, 1.807) is 0 Å². The van der Waals surface area contributed by atoms with Crippen LogP contribution in [0.25, 0.3) is 0 Å². The zero-order valence-corrected chi connectivity index (χ0v) is 13.0. The first-order valence-corrected chi connectivity index (χ1v) is 7.99. The van der Waals surface area contributed by atoms with Crippen molar-refractivity contribution >= 4 is 5.91 Å². The Balaban J connectivity index is 1.98. The maximum Gasteiger partial charge on any atom is 0.406 e. The number of carbonyl (C=O) groups excluding carboxylic acids is 1. The van der Waals surface area contributed by atoms with Crippen molar-refractivity contribution in [3.05, 3.63) is 0 Å². The van der Waals surface area contributed by atoms with Gasteiger partial charge in [-0.05, 0) is 32.1 Å². The van der Waals surface area contributed by atoms with Crippen LogP contribution in [-0.4, -0.2) is 53.4 Å². The highest BCUT2D eigenvalue weighted by Crippen LogP contribution is 2.33. The van der Waals surface area contributed by atoms with Gasteiger partial charge in [-0.2, -0.15) is 13.2 Å². The molecule has 2 N–H and O–H groups in total. The molecule has 0 unspecified atom stereocenters. The number of hydrogen-bond donors (Lipinski definition) is 2. The highest BCUT2D eigenvalue weighted by molar-refractivity contribution is 5.84. The highest BCUT2D eigenvalue weighted by atomic mass is 19.4. The highest BCUT2D eigenvalue weighted by Gasteiger charge is 2.43. The molecule has 1 saturated heterocycles. The van der Waals surface area contributed by atoms with Crippen LogP contribution in [-0.2, 0) is 4.79 Å². The summed E-state index contributed by atoms with van der Waals surface area (Å²) in [4.78, 5) is 13.0. The van der Waals surface area contributed by atoms with Gasteiger partial charge in [0.25, 0.3) is 0 Å². The topological polar surface area (TPSA) is 52.6 Å². The molecule has 1 heterocycles. The van der Waals surface area contributed by atoms with Crippen LogP contribution in [0.15, 0.2) is 0 Å². The molecule has 2 fully saturated rings. The lowest BCUT2D eigenvalue weighted by Gasteiger charge is -2.41. The minimum atomic E-state index is -4.37. The third-order valence-electron chi connectivity index (χ3n) is 5.01. The van der Waals surface area contributed by atoms with Gasteiger partial charge in [0.05, 0.1) is 12.6 Å². The van der Waals surface area contributed by atoms with Gasteiger partial charge in [-0.3, -0.25) is 10.1 Å². The van der Waals surface area contributed by atoms with Crippen LogP contribution in [0.4, 0.5) is 13.2 Å². The average molecular weight is 322 g/mol. The van der Waals surface area contributed by atoms with Crippen molar-refractivity contribution in [2.75, 3.05) is 19.7 Å². The predicted molar refractivity (Wildman–Crippen MR) is 76.2 cm³/mol. The molecule has 0 aromatic heterocycles. The Kier molecular flexibility index (Phi) is 5.37. The minimum absolute atomic E-state index is 0.110. The molecule has 128 valence electrons. The third-order valence-corrected chi connectivity index (χ3v) is 5.01. The molecule has 22 heavy (non-hydrogen) atoms. The minimum Gasteiger partial charge on any atom is -0.394 e. The Hall–Kier alpha value is -0.820. The number of rotatable bonds is 5. The van der Waals surface area contributed by atoms with Crippen LogP contribution < -0.4 is 5.32 Å². The fourth-order valence-electron chi connectivity index (χ4n) is 3.68. The van der Waals surface area contributed by atoms with Crippen molar-refractivity contribution in [2.45, 2.75) is 63.2 Å². The summed E-state index contributed by atoms with van der Waals surface area (Å²) >= 11 is 0. The van der Waals surface area contributed by atoms with E-state index in [1.807, 2.05) is 6.92 Å². The first kappa shape index (κ1) is 17.5. The number of aliphatic hydroxyl groups excluding tert-OH is 1. The van der Waals surface area contributed by atoms with Crippen molar-refractivity contribution < 1.29 is 23.1 Å². The van der Waals surface area contributed by atoms with E-state index in [1.165, 1.54) is 6.42 Å². The van der Waals surface area contributed by atoms with Crippen molar-refractivity contribution in [3.63, 3.8) is 0 Å². The summed E-state index contributed by atoms with van der Waals surface area (Å²) < 4.78 is 37.3. The second-order valence-corrected chi connectivity index (χ2v) is 6.77. The molecule has 2 rings (SSSR count). The van der Waals surface area contributed by atoms with E-state index in [4.69, 9.17) is 0 Å². The van der Waals surface area contributed by atoms with Gasteiger partial charge in [0.2, 0.25) is 5.91 Å². The number of alkyl halides is 3. The molecule has 2 aliphatic rings. The summed E-state index contributed by atoms with van der Waals surface area (Å²) in [6.07, 6.45) is 1.33. The lowest BCUT2D eigenvalue weighted by Crippen LogP contribution is -2.58. The summed E-state index contributed by atoms with van der Waals surface area (Å²) in [6.45, 7) is 0.689. The van der Waals surface area contributed by atoms with Crippen LogP contribution in [0.3, 0.4) is 0 Å². The molecule has 7 heteroatoms. The SMILES string of the molecule is C[C@](CO)(N[C@@H]1CCN(CC(F)(F)F)C1=O)C1CCCCC1. The van der Waals surface area contributed by atoms with Gasteiger partial charge in [-0.1, -0.05) is 19.3 Å². The maximum absolute atomic E-state index is 12.4. The standard InChI is InChI=1S/C15H25F3N2O2/c1-14(10-21,11-5-3-2-4-6-11)19-12-7-8-20(13(12)22)9-15(16,17)18/h11-12,19,21H,2-10H2,1H3/t12-,14-/m1/s1. The van der Waals surface area contributed by atoms with E-state index in [0.29, 0.717) is 6.42 Å². The molecule has 0 spiro atoms. The first-order valence-electron chi connectivity index (χ1n) is 7.99. The zero-order valence-electron chi connectivity index (χ0n) is 13.0. The number of amides is 1. The summed E-state index contributed by atoms with van der Waals surface area (Å²) in [6, 6.07) is -0.624. The summed E-state index contributed by atoms with van der Waals surface area (Å²) in [7, 11) is 0. The van der Waals surface area contributed by atoms with Crippen molar-refractivity contribution in [2.24, 2.45) is 5.92 Å². The fourth-order valence-corrected chi connectivity index (χ4v) is 3.68. The van der Waals surface area contributed by atoms with Crippen LogP contribution in [0.2, 0.25) is 0 Å². The summed E-state index contributed by atoms with van der Waals surface area (Å²) in [5, 5.41) is 12.9. The molecule has 0 aromatic rings. The molecular weight excluding hydrogens is 297 g/mol. The molecule has 0 radical (unpaired) electrons. The van der Waals surface area contributed by atoms with Gasteiger partial charge < -0.3 is 10.0 Å². The fraction of sp³-hybridized carbons (Fsp3) is 0.933. The number of carbonyl (C=O) groups is 1. The van der Waals surface area contributed by atoms with E-state index >= 15 is 0 Å². The number of nitrogens with zero attached hydrogens (tertiary/aromatic N) is 1. The zero-order chi connectivity index (χ0) is 16.4. The lowest BCUT2D eigenvalue weighted by atomic mass is 9.75. The van der Waals surface area contributed by atoms with Crippen molar-refractivity contribution in [1.82, 2.24) is 10.2 Å². The molecular formula is C15H25F3N2O2. The Morgan fingerprint density at radius 2 is 1.86 bits per heavy atom. The van der Waals surface area contributed by atoms with Crippen LogP contribution in [0, 0.1) is 5.92 Å². The quantitative estimate of drug-likeness (QED) is 0.815. The Morgan fingerprint density at radius 1 is 1.23 bits per heavy atom. The van der Waals surface area contributed by atoms with Crippen LogP contribution in [0.1, 0.15) is 45.4 Å². The molecule has 1 aliphatic heterocycles. The number of likely N-dealkylation sites (tertiary alicyclic amines) is 1. The Labute approximate surface area is 129 Å². The summed E-state index contributed by atoms with van der Waals surface area (Å²) in [5.41, 5.74) is -0.602. The van der Waals surface area contributed by atoms with Crippen molar-refractivity contribution in [1.29, 1.82) is 0 Å². The van der Waals surface area contributed by atoms with E-state index in [-0.39, 0.29) is 19.1 Å². The monoisotopic (exact) mass is 322 g/mol. The maximum atomic E-state index is 12.4. The lowest BCUT2D eigenvalue weighted by molar-refractivity contribution is -0.158. The second-order valence-electron chi connectivity index (χ2n) is 6.77. The van der Waals surface area contributed by atoms with E-state index in [0.717, 1.165) is 30.6 Å². The molecule has 1 saturated carbocycles. The van der Waals surface area contributed by atoms with Gasteiger partial charge in [0, 0.05) is 12.1 Å². The van der Waals surface area contributed by atoms with Gasteiger partial charge in [-0.15, -0.1) is 0 Å². The van der Waals surface area contributed by atoms with Gasteiger partial charge in [0.15, 0.2) is 0 Å². The Bertz CT molecular complexity index is 397. The number of nitrogens with one attached hydrogen (secondary N) is 1. The predicted octanol–water partition coefficient (Wildman–Crippen LogP) is 2.07. The van der Waals surface area contributed by atoms with Crippen LogP contribution in [0.5, 0.6) is 0 Å². The number of hydrogen-bond acceptors (Lipinski definition) is 3. The Morgan fingerprint density at radius 3 is 2.41 bits per heavy atom. The first-order chi connectivity index (χ1) is 10.2. The largest absolute Gasteiger partial charge is 0.406 e. The van der Waals surface area contributed by atoms with E-state index in [2.05, 4.69) is 5.32 Å². The summed E-state index contributed by atoms with van der Waals surface area (Å²) in [5.74, 6) is -0.247. The molecule has 0 aromatic carbocycles.